The molecule has 20 heavy (non-hydrogen) atoms. The standard InChI is InChI=1S/C13H8BrClFNO3/c1-6-2-3-7(13(18)19)12(17-6)20-11-5-10(16)9(15)4-8(11)14/h2-5H,1H3,(H,18,19). The van der Waals surface area contributed by atoms with Crippen LogP contribution in [0.2, 0.25) is 5.02 Å². The maximum Gasteiger partial charge on any atom is 0.341 e. The highest BCUT2D eigenvalue weighted by molar-refractivity contribution is 9.10. The molecule has 0 saturated heterocycles. The van der Waals surface area contributed by atoms with Gasteiger partial charge < -0.3 is 9.84 Å². The van der Waals surface area contributed by atoms with Gasteiger partial charge in [-0.3, -0.25) is 0 Å². The molecule has 2 rings (SSSR count). The molecular formula is C13H8BrClFNO3. The highest BCUT2D eigenvalue weighted by Gasteiger charge is 2.16. The zero-order chi connectivity index (χ0) is 14.9. The molecule has 7 heteroatoms. The van der Waals surface area contributed by atoms with Gasteiger partial charge in [-0.05, 0) is 41.1 Å². The quantitative estimate of drug-likeness (QED) is 0.822. The van der Waals surface area contributed by atoms with Gasteiger partial charge in [0.1, 0.15) is 17.1 Å². The molecule has 1 N–H and O–H groups in total. The van der Waals surface area contributed by atoms with E-state index in [4.69, 9.17) is 21.4 Å². The summed E-state index contributed by atoms with van der Waals surface area (Å²) >= 11 is 8.79. The zero-order valence-corrected chi connectivity index (χ0v) is 12.5. The summed E-state index contributed by atoms with van der Waals surface area (Å²) < 4.78 is 19.2. The number of aromatic nitrogens is 1. The average Bonchev–Trinajstić information content (AvgIpc) is 2.35. The summed E-state index contributed by atoms with van der Waals surface area (Å²) in [5.41, 5.74) is 0.466. The molecule has 0 saturated carbocycles. The lowest BCUT2D eigenvalue weighted by atomic mass is 10.2. The molecule has 1 aromatic carbocycles. The Bertz CT molecular complexity index is 694. The van der Waals surface area contributed by atoms with E-state index < -0.39 is 11.8 Å². The molecule has 2 aromatic rings. The molecule has 0 aliphatic heterocycles. The van der Waals surface area contributed by atoms with E-state index in [0.29, 0.717) is 10.2 Å². The van der Waals surface area contributed by atoms with Crippen LogP contribution in [0, 0.1) is 12.7 Å². The molecule has 4 nitrogen and oxygen atoms in total. The van der Waals surface area contributed by atoms with Gasteiger partial charge in [-0.15, -0.1) is 0 Å². The lowest BCUT2D eigenvalue weighted by molar-refractivity contribution is 0.0693. The minimum Gasteiger partial charge on any atom is -0.477 e. The Hall–Kier alpha value is -1.66. The van der Waals surface area contributed by atoms with Crippen molar-refractivity contribution in [2.45, 2.75) is 6.92 Å². The third kappa shape index (κ3) is 3.08. The monoisotopic (exact) mass is 359 g/mol. The van der Waals surface area contributed by atoms with Gasteiger partial charge >= 0.3 is 5.97 Å². The molecule has 0 aliphatic carbocycles. The van der Waals surface area contributed by atoms with Crippen molar-refractivity contribution in [3.63, 3.8) is 0 Å². The number of aryl methyl sites for hydroxylation is 1. The molecule has 0 aliphatic rings. The van der Waals surface area contributed by atoms with E-state index >= 15 is 0 Å². The number of halogens is 3. The van der Waals surface area contributed by atoms with Crippen molar-refractivity contribution < 1.29 is 19.0 Å². The molecule has 0 unspecified atom stereocenters. The molecule has 0 radical (unpaired) electrons. The fourth-order valence-corrected chi connectivity index (χ4v) is 2.18. The summed E-state index contributed by atoms with van der Waals surface area (Å²) in [6.45, 7) is 1.69. The predicted molar refractivity (Wildman–Crippen MR) is 75.1 cm³/mol. The Labute approximate surface area is 127 Å². The second-order valence-corrected chi connectivity index (χ2v) is 5.17. The van der Waals surface area contributed by atoms with Gasteiger partial charge in [0.05, 0.1) is 9.50 Å². The van der Waals surface area contributed by atoms with Gasteiger partial charge in [-0.2, -0.15) is 0 Å². The number of aromatic carboxylic acids is 1. The number of hydrogen-bond acceptors (Lipinski definition) is 3. The van der Waals surface area contributed by atoms with Crippen LogP contribution in [-0.2, 0) is 0 Å². The summed E-state index contributed by atoms with van der Waals surface area (Å²) in [5.74, 6) is -1.88. The number of rotatable bonds is 3. The van der Waals surface area contributed by atoms with E-state index in [1.807, 2.05) is 0 Å². The number of ether oxygens (including phenoxy) is 1. The first kappa shape index (κ1) is 14.7. The summed E-state index contributed by atoms with van der Waals surface area (Å²) in [5, 5.41) is 9.01. The van der Waals surface area contributed by atoms with Crippen molar-refractivity contribution >= 4 is 33.5 Å². The number of pyridine rings is 1. The lowest BCUT2D eigenvalue weighted by Gasteiger charge is -2.10. The maximum absolute atomic E-state index is 13.4. The van der Waals surface area contributed by atoms with E-state index in [1.54, 1.807) is 13.0 Å². The van der Waals surface area contributed by atoms with Gasteiger partial charge in [-0.1, -0.05) is 11.6 Å². The first-order valence-electron chi connectivity index (χ1n) is 5.42. The predicted octanol–water partition coefficient (Wildman–Crippen LogP) is 4.44. The number of benzene rings is 1. The van der Waals surface area contributed by atoms with E-state index in [-0.39, 0.29) is 22.2 Å². The van der Waals surface area contributed by atoms with Crippen LogP contribution >= 0.6 is 27.5 Å². The van der Waals surface area contributed by atoms with Gasteiger partial charge in [0, 0.05) is 11.8 Å². The molecule has 0 bridgehead atoms. The Morgan fingerprint density at radius 1 is 1.45 bits per heavy atom. The van der Waals surface area contributed by atoms with Crippen molar-refractivity contribution in [1.29, 1.82) is 0 Å². The highest BCUT2D eigenvalue weighted by Crippen LogP contribution is 2.34. The first-order valence-corrected chi connectivity index (χ1v) is 6.59. The largest absolute Gasteiger partial charge is 0.477 e. The van der Waals surface area contributed by atoms with Crippen LogP contribution in [0.15, 0.2) is 28.7 Å². The van der Waals surface area contributed by atoms with Crippen LogP contribution in [-0.4, -0.2) is 16.1 Å². The molecule has 1 aromatic heterocycles. The smallest absolute Gasteiger partial charge is 0.341 e. The van der Waals surface area contributed by atoms with Crippen LogP contribution in [0.1, 0.15) is 16.1 Å². The third-order valence-corrected chi connectivity index (χ3v) is 3.32. The number of carboxylic acids is 1. The van der Waals surface area contributed by atoms with E-state index in [0.717, 1.165) is 6.07 Å². The Morgan fingerprint density at radius 3 is 2.80 bits per heavy atom. The van der Waals surface area contributed by atoms with Crippen LogP contribution < -0.4 is 4.74 Å². The average molecular weight is 361 g/mol. The summed E-state index contributed by atoms with van der Waals surface area (Å²) in [6, 6.07) is 5.30. The number of hydrogen-bond donors (Lipinski definition) is 1. The van der Waals surface area contributed by atoms with Crippen molar-refractivity contribution in [3.8, 4) is 11.6 Å². The fraction of sp³-hybridized carbons (Fsp3) is 0.0769. The minimum absolute atomic E-state index is 0.0696. The molecule has 0 fully saturated rings. The number of carboxylic acid groups (broad SMARTS) is 1. The molecule has 0 spiro atoms. The Kier molecular flexibility index (Phi) is 4.25. The van der Waals surface area contributed by atoms with Crippen LogP contribution in [0.4, 0.5) is 4.39 Å². The lowest BCUT2D eigenvalue weighted by Crippen LogP contribution is -2.03. The van der Waals surface area contributed by atoms with E-state index in [2.05, 4.69) is 20.9 Å². The van der Waals surface area contributed by atoms with Gasteiger partial charge in [0.2, 0.25) is 5.88 Å². The highest BCUT2D eigenvalue weighted by atomic mass is 79.9. The van der Waals surface area contributed by atoms with Gasteiger partial charge in [0.25, 0.3) is 0 Å². The summed E-state index contributed by atoms with van der Waals surface area (Å²) in [7, 11) is 0. The SMILES string of the molecule is Cc1ccc(C(=O)O)c(Oc2cc(F)c(Cl)cc2Br)n1. The van der Waals surface area contributed by atoms with Gasteiger partial charge in [-0.25, -0.2) is 14.2 Å². The summed E-state index contributed by atoms with van der Waals surface area (Å²) in [4.78, 5) is 15.1. The topological polar surface area (TPSA) is 59.4 Å². The minimum atomic E-state index is -1.18. The second kappa shape index (κ2) is 5.76. The molecule has 104 valence electrons. The molecule has 0 atom stereocenters. The van der Waals surface area contributed by atoms with E-state index in [9.17, 15) is 9.18 Å². The van der Waals surface area contributed by atoms with Crippen molar-refractivity contribution in [2.24, 2.45) is 0 Å². The fourth-order valence-electron chi connectivity index (χ4n) is 1.46. The Balaban J connectivity index is 2.47. The summed E-state index contributed by atoms with van der Waals surface area (Å²) in [6.07, 6.45) is 0. The second-order valence-electron chi connectivity index (χ2n) is 3.91. The van der Waals surface area contributed by atoms with E-state index in [1.165, 1.54) is 12.1 Å². The van der Waals surface area contributed by atoms with Crippen molar-refractivity contribution in [3.05, 3.63) is 50.8 Å². The zero-order valence-electron chi connectivity index (χ0n) is 10.2. The van der Waals surface area contributed by atoms with Crippen LogP contribution in [0.25, 0.3) is 0 Å². The third-order valence-electron chi connectivity index (χ3n) is 2.41. The molecule has 0 amide bonds. The van der Waals surface area contributed by atoms with Crippen molar-refractivity contribution in [2.75, 3.05) is 0 Å². The first-order chi connectivity index (χ1) is 9.38. The number of carbonyl (C=O) groups is 1. The molecule has 1 heterocycles. The Morgan fingerprint density at radius 2 is 2.15 bits per heavy atom. The molecular weight excluding hydrogens is 353 g/mol. The van der Waals surface area contributed by atoms with Crippen LogP contribution in [0.5, 0.6) is 11.6 Å². The van der Waals surface area contributed by atoms with Crippen molar-refractivity contribution in [1.82, 2.24) is 4.98 Å². The number of nitrogens with zero attached hydrogens (tertiary/aromatic N) is 1. The normalized spacial score (nSPS) is 10.4. The van der Waals surface area contributed by atoms with Crippen LogP contribution in [0.3, 0.4) is 0 Å². The van der Waals surface area contributed by atoms with Gasteiger partial charge in [0.15, 0.2) is 0 Å². The maximum atomic E-state index is 13.4.